The number of fused-ring (bicyclic) bond motifs is 2. The standard InChI is InChI=1S/C21H27N3O2.C2HF3O2/c1-15-17(14-22-26-15)20(25)24-12-10-21(11-13-24)9-8-19(23(2)3)16-6-4-5-7-18(16)21;3-2(4,5)1(6)7/h4-7,14,19H,8-13H2,1-3H3;(H,6,7). The Morgan fingerprint density at radius 1 is 1.18 bits per heavy atom. The maximum atomic E-state index is 12.8. The first-order valence-electron chi connectivity index (χ1n) is 10.7. The van der Waals surface area contributed by atoms with Crippen LogP contribution >= 0.6 is 0 Å². The van der Waals surface area contributed by atoms with Crippen molar-refractivity contribution in [2.24, 2.45) is 0 Å². The van der Waals surface area contributed by atoms with Gasteiger partial charge in [-0.2, -0.15) is 13.2 Å². The van der Waals surface area contributed by atoms with Gasteiger partial charge >= 0.3 is 12.1 Å². The predicted molar refractivity (Wildman–Crippen MR) is 114 cm³/mol. The van der Waals surface area contributed by atoms with Crippen molar-refractivity contribution in [1.29, 1.82) is 0 Å². The highest BCUT2D eigenvalue weighted by Crippen LogP contribution is 2.49. The van der Waals surface area contributed by atoms with Crippen LogP contribution in [0.15, 0.2) is 35.0 Å². The van der Waals surface area contributed by atoms with Crippen LogP contribution in [0.3, 0.4) is 0 Å². The Kier molecular flexibility index (Phi) is 7.16. The molecule has 1 aliphatic carbocycles. The number of alkyl halides is 3. The second kappa shape index (κ2) is 9.54. The number of piperidine rings is 1. The Hall–Kier alpha value is -2.88. The second-order valence-corrected chi connectivity index (χ2v) is 8.78. The van der Waals surface area contributed by atoms with Gasteiger partial charge in [-0.3, -0.25) is 4.79 Å². The lowest BCUT2D eigenvalue weighted by Gasteiger charge is -2.48. The fourth-order valence-corrected chi connectivity index (χ4v) is 4.84. The first kappa shape index (κ1) is 24.8. The molecule has 1 spiro atoms. The van der Waals surface area contributed by atoms with E-state index >= 15 is 0 Å². The van der Waals surface area contributed by atoms with Crippen molar-refractivity contribution in [3.63, 3.8) is 0 Å². The van der Waals surface area contributed by atoms with Gasteiger partial charge in [0.25, 0.3) is 5.91 Å². The summed E-state index contributed by atoms with van der Waals surface area (Å²) in [6, 6.07) is 9.42. The lowest BCUT2D eigenvalue weighted by atomic mass is 9.63. The molecule has 1 aromatic carbocycles. The number of rotatable bonds is 2. The molecule has 10 heteroatoms. The summed E-state index contributed by atoms with van der Waals surface area (Å²) in [7, 11) is 4.34. The summed E-state index contributed by atoms with van der Waals surface area (Å²) >= 11 is 0. The number of halogens is 3. The van der Waals surface area contributed by atoms with Crippen LogP contribution in [0.1, 0.15) is 59.0 Å². The largest absolute Gasteiger partial charge is 0.490 e. The van der Waals surface area contributed by atoms with Gasteiger partial charge in [0.15, 0.2) is 0 Å². The minimum Gasteiger partial charge on any atom is -0.475 e. The zero-order chi connectivity index (χ0) is 24.4. The fraction of sp³-hybridized carbons (Fsp3) is 0.522. The van der Waals surface area contributed by atoms with Crippen LogP contribution in [0, 0.1) is 6.92 Å². The molecule has 180 valence electrons. The van der Waals surface area contributed by atoms with E-state index in [1.54, 1.807) is 13.1 Å². The SMILES string of the molecule is Cc1oncc1C(=O)N1CCC2(CCC(N(C)C)c3ccccc32)CC1.O=C(O)C(F)(F)F. The molecule has 0 radical (unpaired) electrons. The number of aromatic nitrogens is 1. The number of hydrogen-bond acceptors (Lipinski definition) is 5. The zero-order valence-electron chi connectivity index (χ0n) is 18.9. The highest BCUT2D eigenvalue weighted by Gasteiger charge is 2.43. The normalized spacial score (nSPS) is 19.6. The minimum absolute atomic E-state index is 0.0499. The molecule has 2 aromatic rings. The van der Waals surface area contributed by atoms with Gasteiger partial charge in [-0.15, -0.1) is 0 Å². The summed E-state index contributed by atoms with van der Waals surface area (Å²) in [4.78, 5) is 26.0. The lowest BCUT2D eigenvalue weighted by Crippen LogP contribution is -2.47. The van der Waals surface area contributed by atoms with Crippen molar-refractivity contribution in [3.8, 4) is 0 Å². The molecule has 4 rings (SSSR count). The molecular weight excluding hydrogens is 439 g/mol. The van der Waals surface area contributed by atoms with Crippen LogP contribution in [0.2, 0.25) is 0 Å². The van der Waals surface area contributed by atoms with E-state index in [9.17, 15) is 18.0 Å². The van der Waals surface area contributed by atoms with Gasteiger partial charge < -0.3 is 19.4 Å². The van der Waals surface area contributed by atoms with E-state index in [4.69, 9.17) is 14.4 Å². The summed E-state index contributed by atoms with van der Waals surface area (Å²) in [6.45, 7) is 3.39. The third-order valence-corrected chi connectivity index (χ3v) is 6.64. The maximum Gasteiger partial charge on any atom is 0.490 e. The quantitative estimate of drug-likeness (QED) is 0.713. The van der Waals surface area contributed by atoms with Crippen molar-refractivity contribution in [2.45, 2.75) is 50.2 Å². The summed E-state index contributed by atoms with van der Waals surface area (Å²) in [5.74, 6) is -2.10. The molecule has 33 heavy (non-hydrogen) atoms. The summed E-state index contributed by atoms with van der Waals surface area (Å²) in [5.41, 5.74) is 3.78. The van der Waals surface area contributed by atoms with E-state index in [-0.39, 0.29) is 11.3 Å². The Bertz CT molecular complexity index is 995. The number of nitrogens with zero attached hydrogens (tertiary/aromatic N) is 3. The predicted octanol–water partition coefficient (Wildman–Crippen LogP) is 4.19. The fourth-order valence-electron chi connectivity index (χ4n) is 4.84. The third kappa shape index (κ3) is 5.21. The highest BCUT2D eigenvalue weighted by atomic mass is 19.4. The number of hydrogen-bond donors (Lipinski definition) is 1. The van der Waals surface area contributed by atoms with Gasteiger partial charge in [0.2, 0.25) is 0 Å². The van der Waals surface area contributed by atoms with Crippen molar-refractivity contribution in [1.82, 2.24) is 15.0 Å². The molecule has 1 amide bonds. The van der Waals surface area contributed by atoms with Gasteiger partial charge in [0.1, 0.15) is 11.3 Å². The Morgan fingerprint density at radius 2 is 1.79 bits per heavy atom. The van der Waals surface area contributed by atoms with Crippen LogP contribution in [-0.2, 0) is 10.2 Å². The van der Waals surface area contributed by atoms with E-state index < -0.39 is 12.1 Å². The van der Waals surface area contributed by atoms with E-state index in [0.717, 1.165) is 25.9 Å². The number of aryl methyl sites for hydroxylation is 1. The monoisotopic (exact) mass is 467 g/mol. The maximum absolute atomic E-state index is 12.8. The van der Waals surface area contributed by atoms with Gasteiger partial charge in [-0.25, -0.2) is 4.79 Å². The number of likely N-dealkylation sites (tertiary alicyclic amines) is 1. The number of carbonyl (C=O) groups is 2. The van der Waals surface area contributed by atoms with E-state index in [1.165, 1.54) is 24.0 Å². The lowest BCUT2D eigenvalue weighted by molar-refractivity contribution is -0.192. The van der Waals surface area contributed by atoms with Crippen molar-refractivity contribution in [3.05, 3.63) is 52.9 Å². The van der Waals surface area contributed by atoms with Crippen molar-refractivity contribution in [2.75, 3.05) is 27.2 Å². The summed E-state index contributed by atoms with van der Waals surface area (Å²) in [6.07, 6.45) is 0.893. The summed E-state index contributed by atoms with van der Waals surface area (Å²) in [5, 5.41) is 10.9. The van der Waals surface area contributed by atoms with E-state index in [1.807, 2.05) is 4.90 Å². The highest BCUT2D eigenvalue weighted by molar-refractivity contribution is 5.94. The number of carboxylic acids is 1. The molecule has 2 aliphatic rings. The Labute approximate surface area is 190 Å². The number of amides is 1. The number of carboxylic acid groups (broad SMARTS) is 1. The first-order valence-corrected chi connectivity index (χ1v) is 10.7. The Morgan fingerprint density at radius 3 is 2.30 bits per heavy atom. The third-order valence-electron chi connectivity index (χ3n) is 6.64. The molecule has 7 nitrogen and oxygen atoms in total. The number of aliphatic carboxylic acids is 1. The molecule has 2 heterocycles. The zero-order valence-corrected chi connectivity index (χ0v) is 18.9. The molecule has 1 N–H and O–H groups in total. The molecule has 1 atom stereocenters. The van der Waals surface area contributed by atoms with Gasteiger partial charge in [-0.05, 0) is 63.2 Å². The minimum atomic E-state index is -5.08. The molecule has 1 aromatic heterocycles. The van der Waals surface area contributed by atoms with Crippen LogP contribution in [0.25, 0.3) is 0 Å². The van der Waals surface area contributed by atoms with Gasteiger partial charge in [0, 0.05) is 19.1 Å². The summed E-state index contributed by atoms with van der Waals surface area (Å²) < 4.78 is 36.8. The van der Waals surface area contributed by atoms with E-state index in [2.05, 4.69) is 48.4 Å². The molecular formula is C23H28F3N3O4. The number of benzene rings is 1. The average molecular weight is 467 g/mol. The first-order chi connectivity index (χ1) is 15.5. The van der Waals surface area contributed by atoms with Gasteiger partial charge in [-0.1, -0.05) is 29.4 Å². The topological polar surface area (TPSA) is 86.9 Å². The van der Waals surface area contributed by atoms with Crippen LogP contribution in [0.4, 0.5) is 13.2 Å². The smallest absolute Gasteiger partial charge is 0.475 e. The molecule has 0 bridgehead atoms. The molecule has 1 fully saturated rings. The second-order valence-electron chi connectivity index (χ2n) is 8.78. The molecule has 1 saturated heterocycles. The van der Waals surface area contributed by atoms with Crippen LogP contribution in [-0.4, -0.2) is 65.3 Å². The molecule has 1 unspecified atom stereocenters. The van der Waals surface area contributed by atoms with E-state index in [0.29, 0.717) is 17.4 Å². The number of carbonyl (C=O) groups excluding carboxylic acids is 1. The molecule has 0 saturated carbocycles. The van der Waals surface area contributed by atoms with Crippen LogP contribution in [0.5, 0.6) is 0 Å². The molecule has 1 aliphatic heterocycles. The average Bonchev–Trinajstić information content (AvgIpc) is 3.19. The van der Waals surface area contributed by atoms with Gasteiger partial charge in [0.05, 0.1) is 6.20 Å². The van der Waals surface area contributed by atoms with Crippen molar-refractivity contribution >= 4 is 11.9 Å². The Balaban J connectivity index is 0.000000383. The van der Waals surface area contributed by atoms with Crippen LogP contribution < -0.4 is 0 Å². The van der Waals surface area contributed by atoms with Crippen molar-refractivity contribution < 1.29 is 32.4 Å².